The van der Waals surface area contributed by atoms with Gasteiger partial charge in [-0.05, 0) is 32.5 Å². The van der Waals surface area contributed by atoms with Gasteiger partial charge in [-0.15, -0.1) is 0 Å². The SMILES string of the molecule is CN1CCCCC1COc1nccc(C#N)n1. The maximum absolute atomic E-state index is 8.72. The van der Waals surface area contributed by atoms with E-state index < -0.39 is 0 Å². The van der Waals surface area contributed by atoms with Gasteiger partial charge in [0.15, 0.2) is 0 Å². The zero-order valence-corrected chi connectivity index (χ0v) is 9.96. The van der Waals surface area contributed by atoms with Crippen molar-refractivity contribution in [1.29, 1.82) is 5.26 Å². The van der Waals surface area contributed by atoms with Crippen molar-refractivity contribution < 1.29 is 4.74 Å². The summed E-state index contributed by atoms with van der Waals surface area (Å²) in [5, 5.41) is 8.72. The normalized spacial score (nSPS) is 20.8. The number of nitrogens with zero attached hydrogens (tertiary/aromatic N) is 4. The first-order chi connectivity index (χ1) is 8.29. The van der Waals surface area contributed by atoms with E-state index in [4.69, 9.17) is 10.00 Å². The minimum absolute atomic E-state index is 0.294. The van der Waals surface area contributed by atoms with E-state index in [0.717, 1.165) is 13.0 Å². The number of hydrogen-bond donors (Lipinski definition) is 0. The third-order valence-electron chi connectivity index (χ3n) is 3.07. The lowest BCUT2D eigenvalue weighted by molar-refractivity contribution is 0.120. The predicted octanol–water partition coefficient (Wildman–Crippen LogP) is 1.21. The summed E-state index contributed by atoms with van der Waals surface area (Å²) in [7, 11) is 2.11. The van der Waals surface area contributed by atoms with E-state index in [9.17, 15) is 0 Å². The number of likely N-dealkylation sites (tertiary alicyclic amines) is 1. The van der Waals surface area contributed by atoms with Gasteiger partial charge < -0.3 is 9.64 Å². The fourth-order valence-corrected chi connectivity index (χ4v) is 2.00. The van der Waals surface area contributed by atoms with Crippen molar-refractivity contribution in [2.45, 2.75) is 25.3 Å². The van der Waals surface area contributed by atoms with Crippen molar-refractivity contribution in [2.24, 2.45) is 0 Å². The Balaban J connectivity index is 1.90. The highest BCUT2D eigenvalue weighted by Gasteiger charge is 2.19. The molecule has 0 saturated carbocycles. The second-order valence-electron chi connectivity index (χ2n) is 4.28. The Morgan fingerprint density at radius 3 is 3.24 bits per heavy atom. The maximum atomic E-state index is 8.72. The molecule has 0 aliphatic carbocycles. The van der Waals surface area contributed by atoms with Crippen molar-refractivity contribution in [3.05, 3.63) is 18.0 Å². The molecule has 1 aromatic rings. The fourth-order valence-electron chi connectivity index (χ4n) is 2.00. The zero-order valence-electron chi connectivity index (χ0n) is 9.96. The van der Waals surface area contributed by atoms with Crippen LogP contribution in [-0.2, 0) is 0 Å². The number of nitriles is 1. The van der Waals surface area contributed by atoms with Crippen LogP contribution in [0.15, 0.2) is 12.3 Å². The van der Waals surface area contributed by atoms with Gasteiger partial charge in [-0.1, -0.05) is 6.42 Å². The summed E-state index contributed by atoms with van der Waals surface area (Å²) in [6.45, 7) is 1.71. The van der Waals surface area contributed by atoms with Crippen LogP contribution in [0, 0.1) is 11.3 Å². The molecule has 17 heavy (non-hydrogen) atoms. The van der Waals surface area contributed by atoms with Gasteiger partial charge in [-0.3, -0.25) is 0 Å². The van der Waals surface area contributed by atoms with Gasteiger partial charge in [-0.2, -0.15) is 10.2 Å². The number of aromatic nitrogens is 2. The molecule has 0 spiro atoms. The molecule has 2 rings (SSSR count). The third-order valence-corrected chi connectivity index (χ3v) is 3.07. The van der Waals surface area contributed by atoms with Crippen molar-refractivity contribution in [1.82, 2.24) is 14.9 Å². The summed E-state index contributed by atoms with van der Waals surface area (Å²) < 4.78 is 5.54. The van der Waals surface area contributed by atoms with Crippen LogP contribution in [0.2, 0.25) is 0 Å². The summed E-state index contributed by atoms with van der Waals surface area (Å²) in [4.78, 5) is 10.3. The van der Waals surface area contributed by atoms with Crippen LogP contribution >= 0.6 is 0 Å². The minimum Gasteiger partial charge on any atom is -0.462 e. The van der Waals surface area contributed by atoms with Crippen LogP contribution < -0.4 is 4.74 Å². The van der Waals surface area contributed by atoms with Crippen LogP contribution in [0.4, 0.5) is 0 Å². The molecule has 1 aromatic heterocycles. The maximum Gasteiger partial charge on any atom is 0.317 e. The van der Waals surface area contributed by atoms with E-state index >= 15 is 0 Å². The molecule has 0 aromatic carbocycles. The summed E-state index contributed by atoms with van der Waals surface area (Å²) >= 11 is 0. The molecule has 1 saturated heterocycles. The molecule has 90 valence electrons. The van der Waals surface area contributed by atoms with Gasteiger partial charge in [0.1, 0.15) is 18.4 Å². The highest BCUT2D eigenvalue weighted by atomic mass is 16.5. The van der Waals surface area contributed by atoms with Crippen LogP contribution in [0.5, 0.6) is 6.01 Å². The highest BCUT2D eigenvalue weighted by molar-refractivity contribution is 5.19. The molecule has 1 fully saturated rings. The standard InChI is InChI=1S/C12H16N4O/c1-16-7-3-2-4-11(16)9-17-12-14-6-5-10(8-13)15-12/h5-6,11H,2-4,7,9H2,1H3. The predicted molar refractivity (Wildman–Crippen MR) is 62.5 cm³/mol. The van der Waals surface area contributed by atoms with Crippen molar-refractivity contribution in [3.8, 4) is 12.1 Å². The Morgan fingerprint density at radius 1 is 1.59 bits per heavy atom. The van der Waals surface area contributed by atoms with E-state index in [-0.39, 0.29) is 0 Å². The van der Waals surface area contributed by atoms with E-state index in [2.05, 4.69) is 21.9 Å². The lowest BCUT2D eigenvalue weighted by Gasteiger charge is -2.31. The first-order valence-corrected chi connectivity index (χ1v) is 5.86. The summed E-state index contributed by atoms with van der Waals surface area (Å²) in [6.07, 6.45) is 5.20. The smallest absolute Gasteiger partial charge is 0.317 e. The molecule has 0 amide bonds. The fraction of sp³-hybridized carbons (Fsp3) is 0.583. The largest absolute Gasteiger partial charge is 0.462 e. The average Bonchev–Trinajstić information content (AvgIpc) is 2.38. The second-order valence-corrected chi connectivity index (χ2v) is 4.28. The molecule has 0 radical (unpaired) electrons. The molecule has 5 nitrogen and oxygen atoms in total. The Morgan fingerprint density at radius 2 is 2.47 bits per heavy atom. The van der Waals surface area contributed by atoms with Crippen LogP contribution in [-0.4, -0.2) is 41.1 Å². The van der Waals surface area contributed by atoms with Gasteiger partial charge in [0.05, 0.1) is 0 Å². The summed E-state index contributed by atoms with van der Waals surface area (Å²) in [5.74, 6) is 0. The molecule has 0 N–H and O–H groups in total. The van der Waals surface area contributed by atoms with Crippen molar-refractivity contribution >= 4 is 0 Å². The van der Waals surface area contributed by atoms with Gasteiger partial charge in [-0.25, -0.2) is 4.98 Å². The Kier molecular flexibility index (Phi) is 3.89. The molecule has 2 heterocycles. The summed E-state index contributed by atoms with van der Waals surface area (Å²) in [6, 6.07) is 4.26. The number of rotatable bonds is 3. The molecule has 5 heteroatoms. The second kappa shape index (κ2) is 5.60. The topological polar surface area (TPSA) is 62.0 Å². The lowest BCUT2D eigenvalue weighted by Crippen LogP contribution is -2.40. The van der Waals surface area contributed by atoms with Crippen LogP contribution in [0.25, 0.3) is 0 Å². The van der Waals surface area contributed by atoms with Crippen molar-refractivity contribution in [3.63, 3.8) is 0 Å². The van der Waals surface area contributed by atoms with E-state index in [1.54, 1.807) is 12.3 Å². The molecule has 1 unspecified atom stereocenters. The van der Waals surface area contributed by atoms with Crippen LogP contribution in [0.3, 0.4) is 0 Å². The first kappa shape index (κ1) is 11.8. The van der Waals surface area contributed by atoms with E-state index in [0.29, 0.717) is 24.4 Å². The molecule has 1 aliphatic rings. The third kappa shape index (κ3) is 3.14. The monoisotopic (exact) mass is 232 g/mol. The molecule has 1 aliphatic heterocycles. The number of hydrogen-bond acceptors (Lipinski definition) is 5. The molecule has 0 bridgehead atoms. The minimum atomic E-state index is 0.294. The average molecular weight is 232 g/mol. The van der Waals surface area contributed by atoms with Gasteiger partial charge >= 0.3 is 6.01 Å². The lowest BCUT2D eigenvalue weighted by atomic mass is 10.0. The van der Waals surface area contributed by atoms with Crippen molar-refractivity contribution in [2.75, 3.05) is 20.2 Å². The number of ether oxygens (including phenoxy) is 1. The van der Waals surface area contributed by atoms with E-state index in [1.165, 1.54) is 12.8 Å². The van der Waals surface area contributed by atoms with Gasteiger partial charge in [0.2, 0.25) is 0 Å². The molecule has 1 atom stereocenters. The van der Waals surface area contributed by atoms with Crippen LogP contribution in [0.1, 0.15) is 25.0 Å². The van der Waals surface area contributed by atoms with Gasteiger partial charge in [0.25, 0.3) is 0 Å². The number of piperidine rings is 1. The Bertz CT molecular complexity index is 415. The van der Waals surface area contributed by atoms with E-state index in [1.807, 2.05) is 6.07 Å². The highest BCUT2D eigenvalue weighted by Crippen LogP contribution is 2.15. The quantitative estimate of drug-likeness (QED) is 0.784. The Hall–Kier alpha value is -1.67. The summed E-state index contributed by atoms with van der Waals surface area (Å²) in [5.41, 5.74) is 0.340. The molecular weight excluding hydrogens is 216 g/mol. The zero-order chi connectivity index (χ0) is 12.1. The number of likely N-dealkylation sites (N-methyl/N-ethyl adjacent to an activating group) is 1. The van der Waals surface area contributed by atoms with Gasteiger partial charge in [0, 0.05) is 12.2 Å². The first-order valence-electron chi connectivity index (χ1n) is 5.86. The molecular formula is C12H16N4O. The Labute approximate surface area is 101 Å².